The topological polar surface area (TPSA) is 25.8 Å². The fourth-order valence-corrected chi connectivity index (χ4v) is 2.03. The first-order chi connectivity index (χ1) is 7.97. The maximum Gasteiger partial charge on any atom is 0.135 e. The van der Waals surface area contributed by atoms with Gasteiger partial charge in [0.05, 0.1) is 5.69 Å². The molecule has 0 N–H and O–H groups in total. The first kappa shape index (κ1) is 12.5. The number of halogens is 1. The summed E-state index contributed by atoms with van der Waals surface area (Å²) in [7, 11) is 0. The van der Waals surface area contributed by atoms with Gasteiger partial charge in [0.25, 0.3) is 0 Å². The van der Waals surface area contributed by atoms with Crippen molar-refractivity contribution in [3.63, 3.8) is 0 Å². The van der Waals surface area contributed by atoms with E-state index >= 15 is 0 Å². The van der Waals surface area contributed by atoms with Crippen molar-refractivity contribution in [1.82, 2.24) is 9.97 Å². The van der Waals surface area contributed by atoms with Crippen molar-refractivity contribution in [3.05, 3.63) is 45.9 Å². The molecule has 0 saturated carbocycles. The molecule has 2 rings (SSSR count). The monoisotopic (exact) mass is 338 g/mol. The molecular formula is C14H15IN2. The molecule has 0 aliphatic carbocycles. The van der Waals surface area contributed by atoms with Crippen molar-refractivity contribution in [2.75, 3.05) is 0 Å². The number of hydrogen-bond donors (Lipinski definition) is 0. The molecule has 0 amide bonds. The molecule has 0 aliphatic heterocycles. The van der Waals surface area contributed by atoms with E-state index in [9.17, 15) is 0 Å². The van der Waals surface area contributed by atoms with Crippen LogP contribution in [0.5, 0.6) is 0 Å². The van der Waals surface area contributed by atoms with Gasteiger partial charge < -0.3 is 0 Å². The number of aromatic nitrogens is 2. The van der Waals surface area contributed by atoms with Gasteiger partial charge in [-0.1, -0.05) is 51.1 Å². The maximum absolute atomic E-state index is 4.66. The molecule has 0 saturated heterocycles. The van der Waals surface area contributed by atoms with Crippen LogP contribution in [-0.4, -0.2) is 9.97 Å². The van der Waals surface area contributed by atoms with Crippen LogP contribution in [0.1, 0.15) is 26.6 Å². The molecule has 0 radical (unpaired) electrons. The number of benzene rings is 1. The summed E-state index contributed by atoms with van der Waals surface area (Å²) in [5, 5.41) is 0. The molecule has 0 bridgehead atoms. The van der Waals surface area contributed by atoms with E-state index < -0.39 is 0 Å². The summed E-state index contributed by atoms with van der Waals surface area (Å²) in [5.41, 5.74) is 2.11. The number of hydrogen-bond acceptors (Lipinski definition) is 2. The van der Waals surface area contributed by atoms with E-state index in [4.69, 9.17) is 0 Å². The maximum atomic E-state index is 4.66. The Bertz CT molecular complexity index is 515. The smallest absolute Gasteiger partial charge is 0.135 e. The largest absolute Gasteiger partial charge is 0.232 e. The molecule has 0 atom stereocenters. The van der Waals surface area contributed by atoms with Crippen LogP contribution < -0.4 is 0 Å². The minimum absolute atomic E-state index is 0.0231. The van der Waals surface area contributed by atoms with E-state index in [2.05, 4.69) is 65.5 Å². The molecule has 0 aliphatic rings. The lowest BCUT2D eigenvalue weighted by molar-refractivity contribution is 0.544. The fourth-order valence-electron chi connectivity index (χ4n) is 1.51. The van der Waals surface area contributed by atoms with Gasteiger partial charge in [-0.05, 0) is 28.7 Å². The summed E-state index contributed by atoms with van der Waals surface area (Å²) in [6.07, 6.45) is 0. The van der Waals surface area contributed by atoms with E-state index in [1.807, 2.05) is 24.3 Å². The summed E-state index contributed by atoms with van der Waals surface area (Å²) in [6.45, 7) is 6.40. The molecule has 3 heteroatoms. The van der Waals surface area contributed by atoms with Crippen LogP contribution in [0.2, 0.25) is 0 Å². The molecule has 88 valence electrons. The van der Waals surface area contributed by atoms with Gasteiger partial charge in [-0.3, -0.25) is 0 Å². The normalized spacial score (nSPS) is 11.5. The third-order valence-corrected chi connectivity index (χ3v) is 2.99. The van der Waals surface area contributed by atoms with Crippen LogP contribution in [0.25, 0.3) is 11.3 Å². The molecule has 17 heavy (non-hydrogen) atoms. The molecule has 2 aromatic rings. The van der Waals surface area contributed by atoms with Crippen LogP contribution in [0.15, 0.2) is 36.4 Å². The lowest BCUT2D eigenvalue weighted by atomic mass is 9.95. The first-order valence-corrected chi connectivity index (χ1v) is 6.65. The molecule has 0 spiro atoms. The molecule has 1 aromatic carbocycles. The fraction of sp³-hybridized carbons (Fsp3) is 0.286. The zero-order chi connectivity index (χ0) is 12.5. The van der Waals surface area contributed by atoms with Crippen molar-refractivity contribution in [1.29, 1.82) is 0 Å². The predicted molar refractivity (Wildman–Crippen MR) is 78.9 cm³/mol. The van der Waals surface area contributed by atoms with Crippen LogP contribution in [0.4, 0.5) is 0 Å². The average molecular weight is 338 g/mol. The Morgan fingerprint density at radius 3 is 2.24 bits per heavy atom. The lowest BCUT2D eigenvalue weighted by Crippen LogP contribution is -2.17. The Labute approximate surface area is 116 Å². The summed E-state index contributed by atoms with van der Waals surface area (Å²) in [6, 6.07) is 12.2. The Balaban J connectivity index is 2.54. The highest BCUT2D eigenvalue weighted by molar-refractivity contribution is 14.1. The molecule has 2 nitrogen and oxygen atoms in total. The van der Waals surface area contributed by atoms with E-state index in [1.165, 1.54) is 0 Å². The second-order valence-electron chi connectivity index (χ2n) is 5.02. The van der Waals surface area contributed by atoms with Gasteiger partial charge in [0.1, 0.15) is 9.53 Å². The predicted octanol–water partition coefficient (Wildman–Crippen LogP) is 4.05. The van der Waals surface area contributed by atoms with E-state index in [1.54, 1.807) is 0 Å². The van der Waals surface area contributed by atoms with Gasteiger partial charge in [0.2, 0.25) is 0 Å². The Morgan fingerprint density at radius 1 is 1.00 bits per heavy atom. The molecule has 1 heterocycles. The lowest BCUT2D eigenvalue weighted by Gasteiger charge is -2.17. The zero-order valence-electron chi connectivity index (χ0n) is 10.2. The van der Waals surface area contributed by atoms with Crippen molar-refractivity contribution < 1.29 is 0 Å². The number of rotatable bonds is 1. The van der Waals surface area contributed by atoms with Crippen LogP contribution in [0.3, 0.4) is 0 Å². The van der Waals surface area contributed by atoms with Crippen molar-refractivity contribution >= 4 is 22.6 Å². The highest BCUT2D eigenvalue weighted by atomic mass is 127. The zero-order valence-corrected chi connectivity index (χ0v) is 12.4. The Kier molecular flexibility index (Phi) is 3.47. The van der Waals surface area contributed by atoms with Crippen molar-refractivity contribution in [2.45, 2.75) is 26.2 Å². The standard InChI is InChI=1S/C14H15IN2/c1-14(2,3)13-16-11(9-12(15)17-13)10-7-5-4-6-8-10/h4-9H,1-3H3. The summed E-state index contributed by atoms with van der Waals surface area (Å²) in [4.78, 5) is 9.17. The van der Waals surface area contributed by atoms with Gasteiger partial charge in [-0.2, -0.15) is 0 Å². The molecule has 1 aromatic heterocycles. The average Bonchev–Trinajstić information content (AvgIpc) is 2.28. The Hall–Kier alpha value is -0.970. The second kappa shape index (κ2) is 4.72. The van der Waals surface area contributed by atoms with E-state index in [-0.39, 0.29) is 5.41 Å². The molecule has 0 unspecified atom stereocenters. The highest BCUT2D eigenvalue weighted by Crippen LogP contribution is 2.24. The minimum atomic E-state index is -0.0231. The third kappa shape index (κ3) is 3.03. The van der Waals surface area contributed by atoms with Crippen LogP contribution in [-0.2, 0) is 5.41 Å². The van der Waals surface area contributed by atoms with E-state index in [0.29, 0.717) is 0 Å². The first-order valence-electron chi connectivity index (χ1n) is 5.57. The number of nitrogens with zero attached hydrogens (tertiary/aromatic N) is 2. The second-order valence-corrected chi connectivity index (χ2v) is 6.12. The van der Waals surface area contributed by atoms with Gasteiger partial charge >= 0.3 is 0 Å². The van der Waals surface area contributed by atoms with Gasteiger partial charge in [0, 0.05) is 11.0 Å². The van der Waals surface area contributed by atoms with Crippen molar-refractivity contribution in [2.24, 2.45) is 0 Å². The third-order valence-electron chi connectivity index (χ3n) is 2.44. The quantitative estimate of drug-likeness (QED) is 0.579. The van der Waals surface area contributed by atoms with Crippen LogP contribution >= 0.6 is 22.6 Å². The highest BCUT2D eigenvalue weighted by Gasteiger charge is 2.18. The summed E-state index contributed by atoms with van der Waals surface area (Å²) >= 11 is 2.25. The van der Waals surface area contributed by atoms with Gasteiger partial charge in [-0.15, -0.1) is 0 Å². The summed E-state index contributed by atoms with van der Waals surface area (Å²) in [5.74, 6) is 0.892. The molecular weight excluding hydrogens is 323 g/mol. The SMILES string of the molecule is CC(C)(C)c1nc(I)cc(-c2ccccc2)n1. The van der Waals surface area contributed by atoms with Crippen molar-refractivity contribution in [3.8, 4) is 11.3 Å². The van der Waals surface area contributed by atoms with Gasteiger partial charge in [0.15, 0.2) is 0 Å². The van der Waals surface area contributed by atoms with Crippen LogP contribution in [0, 0.1) is 3.70 Å². The minimum Gasteiger partial charge on any atom is -0.232 e. The summed E-state index contributed by atoms with van der Waals surface area (Å²) < 4.78 is 0.987. The van der Waals surface area contributed by atoms with E-state index in [0.717, 1.165) is 20.8 Å². The molecule has 0 fully saturated rings. The Morgan fingerprint density at radius 2 is 1.65 bits per heavy atom. The van der Waals surface area contributed by atoms with Gasteiger partial charge in [-0.25, -0.2) is 9.97 Å².